The van der Waals surface area contributed by atoms with Crippen molar-refractivity contribution in [1.29, 1.82) is 0 Å². The fourth-order valence-electron chi connectivity index (χ4n) is 1.30. The van der Waals surface area contributed by atoms with Gasteiger partial charge in [0.1, 0.15) is 5.75 Å². The molecule has 0 saturated carbocycles. The Morgan fingerprint density at radius 3 is 2.94 bits per heavy atom. The molecule has 1 heterocycles. The van der Waals surface area contributed by atoms with Crippen molar-refractivity contribution in [1.82, 2.24) is 4.98 Å². The number of nitrogens with zero attached hydrogens (tertiary/aromatic N) is 1. The molecule has 2 rings (SSSR count). The smallest absolute Gasteiger partial charge is 0.241 e. The van der Waals surface area contributed by atoms with Gasteiger partial charge in [-0.3, -0.25) is 4.72 Å². The molecular formula is C9H8ClN3O2S3. The van der Waals surface area contributed by atoms with Gasteiger partial charge in [0.05, 0.1) is 15.2 Å². The molecular weight excluding hydrogens is 314 g/mol. The van der Waals surface area contributed by atoms with Gasteiger partial charge in [-0.05, 0) is 18.2 Å². The van der Waals surface area contributed by atoms with Gasteiger partial charge in [-0.25, -0.2) is 13.4 Å². The van der Waals surface area contributed by atoms with E-state index in [1.54, 1.807) is 18.2 Å². The molecule has 9 heteroatoms. The normalized spacial score (nSPS) is 11.6. The molecule has 0 aliphatic heterocycles. The maximum Gasteiger partial charge on any atom is 0.241 e. The van der Waals surface area contributed by atoms with E-state index < -0.39 is 15.8 Å². The van der Waals surface area contributed by atoms with Gasteiger partial charge >= 0.3 is 0 Å². The Bertz CT molecular complexity index is 711. The number of fused-ring (bicyclic) bond motifs is 1. The van der Waals surface area contributed by atoms with Gasteiger partial charge in [-0.15, -0.1) is 0 Å². The molecule has 96 valence electrons. The summed E-state index contributed by atoms with van der Waals surface area (Å²) in [6, 6.07) is 5.14. The maximum absolute atomic E-state index is 11.6. The van der Waals surface area contributed by atoms with Crippen LogP contribution in [0.2, 0.25) is 5.02 Å². The van der Waals surface area contributed by atoms with Crippen molar-refractivity contribution < 1.29 is 8.42 Å². The average molecular weight is 322 g/mol. The van der Waals surface area contributed by atoms with Crippen molar-refractivity contribution in [3.8, 4) is 0 Å². The van der Waals surface area contributed by atoms with Crippen LogP contribution in [0, 0.1) is 0 Å². The predicted octanol–water partition coefficient (Wildman–Crippen LogP) is 1.98. The van der Waals surface area contributed by atoms with Gasteiger partial charge < -0.3 is 5.73 Å². The minimum absolute atomic E-state index is 0.0911. The van der Waals surface area contributed by atoms with Crippen molar-refractivity contribution >= 4 is 65.5 Å². The highest BCUT2D eigenvalue weighted by Crippen LogP contribution is 2.28. The molecule has 0 atom stereocenters. The largest absolute Gasteiger partial charge is 0.392 e. The van der Waals surface area contributed by atoms with E-state index in [2.05, 4.69) is 21.9 Å². The quantitative estimate of drug-likeness (QED) is 0.841. The van der Waals surface area contributed by atoms with Crippen LogP contribution in [0.15, 0.2) is 18.2 Å². The Labute approximate surface area is 118 Å². The van der Waals surface area contributed by atoms with E-state index in [0.29, 0.717) is 10.5 Å². The van der Waals surface area contributed by atoms with Crippen molar-refractivity contribution in [3.63, 3.8) is 0 Å². The number of thiazole rings is 1. The summed E-state index contributed by atoms with van der Waals surface area (Å²) in [5.74, 6) is -0.404. The minimum atomic E-state index is -3.59. The summed E-state index contributed by atoms with van der Waals surface area (Å²) in [4.78, 5) is 4.04. The molecule has 0 unspecified atom stereocenters. The number of sulfonamides is 1. The SMILES string of the molecule is NC(=S)CS(=O)(=O)Nc1nc2ccc(Cl)cc2s1. The van der Waals surface area contributed by atoms with Crippen LogP contribution in [-0.2, 0) is 10.0 Å². The molecule has 0 bridgehead atoms. The summed E-state index contributed by atoms with van der Waals surface area (Å²) in [5, 5.41) is 0.840. The number of aromatic nitrogens is 1. The van der Waals surface area contributed by atoms with Gasteiger partial charge in [0.2, 0.25) is 10.0 Å². The number of hydrogen-bond acceptors (Lipinski definition) is 5. The van der Waals surface area contributed by atoms with E-state index in [4.69, 9.17) is 17.3 Å². The number of nitrogens with one attached hydrogen (secondary N) is 1. The highest BCUT2D eigenvalue weighted by molar-refractivity contribution is 7.95. The highest BCUT2D eigenvalue weighted by Gasteiger charge is 2.14. The van der Waals surface area contributed by atoms with E-state index in [1.807, 2.05) is 0 Å². The van der Waals surface area contributed by atoms with Crippen molar-refractivity contribution in [2.75, 3.05) is 10.5 Å². The Morgan fingerprint density at radius 2 is 2.28 bits per heavy atom. The third kappa shape index (κ3) is 3.29. The van der Waals surface area contributed by atoms with Crippen LogP contribution < -0.4 is 10.5 Å². The Balaban J connectivity index is 2.30. The molecule has 2 aromatic rings. The van der Waals surface area contributed by atoms with Crippen molar-refractivity contribution in [3.05, 3.63) is 23.2 Å². The van der Waals surface area contributed by atoms with Crippen LogP contribution in [0.5, 0.6) is 0 Å². The number of thiocarbonyl (C=S) groups is 1. The third-order valence-electron chi connectivity index (χ3n) is 1.93. The lowest BCUT2D eigenvalue weighted by Gasteiger charge is -2.02. The summed E-state index contributed by atoms with van der Waals surface area (Å²) >= 11 is 11.6. The number of anilines is 1. The molecule has 0 radical (unpaired) electrons. The highest BCUT2D eigenvalue weighted by atomic mass is 35.5. The van der Waals surface area contributed by atoms with Crippen LogP contribution in [0.1, 0.15) is 0 Å². The van der Waals surface area contributed by atoms with Crippen LogP contribution in [-0.4, -0.2) is 24.1 Å². The molecule has 0 aliphatic rings. The third-order valence-corrected chi connectivity index (χ3v) is 4.75. The van der Waals surface area contributed by atoms with Crippen molar-refractivity contribution in [2.24, 2.45) is 5.73 Å². The lowest BCUT2D eigenvalue weighted by atomic mass is 10.3. The van der Waals surface area contributed by atoms with Crippen LogP contribution >= 0.6 is 35.2 Å². The average Bonchev–Trinajstić information content (AvgIpc) is 2.55. The van der Waals surface area contributed by atoms with Gasteiger partial charge in [-0.1, -0.05) is 35.2 Å². The lowest BCUT2D eigenvalue weighted by Crippen LogP contribution is -2.26. The van der Waals surface area contributed by atoms with E-state index in [9.17, 15) is 8.42 Å². The molecule has 0 aliphatic carbocycles. The molecule has 0 fully saturated rings. The number of nitrogens with two attached hydrogens (primary N) is 1. The molecule has 18 heavy (non-hydrogen) atoms. The number of hydrogen-bond donors (Lipinski definition) is 2. The molecule has 0 saturated heterocycles. The minimum Gasteiger partial charge on any atom is -0.392 e. The molecule has 1 aromatic carbocycles. The molecule has 0 amide bonds. The van der Waals surface area contributed by atoms with E-state index in [-0.39, 0.29) is 10.1 Å². The monoisotopic (exact) mass is 321 g/mol. The van der Waals surface area contributed by atoms with Crippen LogP contribution in [0.25, 0.3) is 10.2 Å². The number of halogens is 1. The molecule has 0 spiro atoms. The van der Waals surface area contributed by atoms with Gasteiger partial charge in [-0.2, -0.15) is 0 Å². The first-order valence-corrected chi connectivity index (χ1v) is 7.96. The zero-order valence-electron chi connectivity index (χ0n) is 8.88. The number of rotatable bonds is 4. The van der Waals surface area contributed by atoms with Gasteiger partial charge in [0.15, 0.2) is 5.13 Å². The predicted molar refractivity (Wildman–Crippen MR) is 78.8 cm³/mol. The van der Waals surface area contributed by atoms with E-state index >= 15 is 0 Å². The summed E-state index contributed by atoms with van der Waals surface area (Å²) in [5.41, 5.74) is 5.88. The zero-order chi connectivity index (χ0) is 13.3. The molecule has 3 N–H and O–H groups in total. The first-order valence-electron chi connectivity index (χ1n) is 4.70. The Kier molecular flexibility index (Phi) is 3.71. The molecule has 5 nitrogen and oxygen atoms in total. The second-order valence-electron chi connectivity index (χ2n) is 3.46. The van der Waals surface area contributed by atoms with E-state index in [1.165, 1.54) is 11.3 Å². The summed E-state index contributed by atoms with van der Waals surface area (Å²) < 4.78 is 26.4. The second-order valence-corrected chi connectivity index (χ2v) is 7.17. The van der Waals surface area contributed by atoms with Crippen molar-refractivity contribution in [2.45, 2.75) is 0 Å². The van der Waals surface area contributed by atoms with Gasteiger partial charge in [0.25, 0.3) is 0 Å². The Hall–Kier alpha value is -0.960. The summed E-state index contributed by atoms with van der Waals surface area (Å²) in [7, 11) is -3.59. The molecule has 1 aromatic heterocycles. The fraction of sp³-hybridized carbons (Fsp3) is 0.111. The van der Waals surface area contributed by atoms with Gasteiger partial charge in [0, 0.05) is 5.02 Å². The summed E-state index contributed by atoms with van der Waals surface area (Å²) in [6.45, 7) is 0. The number of benzene rings is 1. The first-order chi connectivity index (χ1) is 8.35. The van der Waals surface area contributed by atoms with Crippen LogP contribution in [0.3, 0.4) is 0 Å². The van der Waals surface area contributed by atoms with E-state index in [0.717, 1.165) is 4.70 Å². The fourth-order valence-corrected chi connectivity index (χ4v) is 4.06. The standard InChI is InChI=1S/C9H8ClN3O2S3/c10-5-1-2-6-7(3-5)17-9(12-6)13-18(14,15)4-8(11)16/h1-3H,4H2,(H2,11,16)(H,12,13). The first kappa shape index (κ1) is 13.5. The maximum atomic E-state index is 11.6. The van der Waals surface area contributed by atoms with Crippen LogP contribution in [0.4, 0.5) is 5.13 Å². The summed E-state index contributed by atoms with van der Waals surface area (Å²) in [6.07, 6.45) is 0. The zero-order valence-corrected chi connectivity index (χ0v) is 12.1. The Morgan fingerprint density at radius 1 is 1.56 bits per heavy atom. The lowest BCUT2D eigenvalue weighted by molar-refractivity contribution is 0.605. The topological polar surface area (TPSA) is 85.1 Å². The second kappa shape index (κ2) is 4.96.